The Hall–Kier alpha value is 1.16. The molecule has 1 heterocycles. The maximum absolute atomic E-state index is 13.1. The van der Waals surface area contributed by atoms with Crippen molar-refractivity contribution in [3.8, 4) is 0 Å². The first-order valence-corrected chi connectivity index (χ1v) is 12.4. The summed E-state index contributed by atoms with van der Waals surface area (Å²) in [6.45, 7) is 5.71. The monoisotopic (exact) mass is 535 g/mol. The van der Waals surface area contributed by atoms with Crippen LogP contribution >= 0.6 is 66.8 Å². The van der Waals surface area contributed by atoms with E-state index in [2.05, 4.69) is 31.9 Å². The van der Waals surface area contributed by atoms with Gasteiger partial charge in [0.05, 0.1) is 22.8 Å². The standard InChI is InChI=1S/C17H25Br2Cl2NO2S/c1-17(2,3)24-16(23)22-14-10(20)4-8(18)6-12(14)25-13-7-9(19)5-11(21)15(13)22/h8-15H,4-7H2,1-3H3. The first-order valence-electron chi connectivity index (χ1n) is 8.80. The number of thioether (sulfide) groups is 1. The Morgan fingerprint density at radius 1 is 1.00 bits per heavy atom. The van der Waals surface area contributed by atoms with Crippen LogP contribution in [0.1, 0.15) is 46.5 Å². The molecule has 0 spiro atoms. The van der Waals surface area contributed by atoms with Crippen LogP contribution in [0.3, 0.4) is 0 Å². The van der Waals surface area contributed by atoms with Gasteiger partial charge in [0.1, 0.15) is 5.60 Å². The van der Waals surface area contributed by atoms with Crippen LogP contribution < -0.4 is 0 Å². The summed E-state index contributed by atoms with van der Waals surface area (Å²) in [6.07, 6.45) is 3.47. The second-order valence-corrected chi connectivity index (χ2v) is 13.4. The predicted octanol–water partition coefficient (Wildman–Crippen LogP) is 5.77. The summed E-state index contributed by atoms with van der Waals surface area (Å²) in [6, 6.07) is -0.0469. The van der Waals surface area contributed by atoms with Crippen molar-refractivity contribution in [2.75, 3.05) is 0 Å². The molecular weight excluding hydrogens is 513 g/mol. The molecular formula is C17H25Br2Cl2NO2S. The number of amides is 1. The Morgan fingerprint density at radius 3 is 1.84 bits per heavy atom. The number of ether oxygens (including phenoxy) is 1. The van der Waals surface area contributed by atoms with Gasteiger partial charge in [-0.25, -0.2) is 4.79 Å². The highest BCUT2D eigenvalue weighted by Crippen LogP contribution is 2.50. The summed E-state index contributed by atoms with van der Waals surface area (Å²) in [5.41, 5.74) is -0.532. The third-order valence-corrected chi connectivity index (χ3v) is 9.05. The maximum Gasteiger partial charge on any atom is 0.410 e. The molecule has 2 aliphatic carbocycles. The summed E-state index contributed by atoms with van der Waals surface area (Å²) in [4.78, 5) is 15.9. The quantitative estimate of drug-likeness (QED) is 0.367. The van der Waals surface area contributed by atoms with Crippen LogP contribution in [0.15, 0.2) is 0 Å². The molecule has 1 saturated heterocycles. The fraction of sp³-hybridized carbons (Fsp3) is 0.941. The molecule has 1 aliphatic heterocycles. The fourth-order valence-corrected chi connectivity index (χ4v) is 10.0. The van der Waals surface area contributed by atoms with Crippen LogP contribution in [0.2, 0.25) is 0 Å². The lowest BCUT2D eigenvalue weighted by atomic mass is 9.86. The zero-order valence-electron chi connectivity index (χ0n) is 14.6. The lowest BCUT2D eigenvalue weighted by Crippen LogP contribution is -2.68. The Morgan fingerprint density at radius 2 is 1.44 bits per heavy atom. The van der Waals surface area contributed by atoms with E-state index < -0.39 is 5.60 Å². The van der Waals surface area contributed by atoms with Gasteiger partial charge in [0.2, 0.25) is 0 Å². The molecule has 3 rings (SSSR count). The molecule has 0 aromatic rings. The van der Waals surface area contributed by atoms with E-state index in [1.807, 2.05) is 37.4 Å². The number of alkyl halides is 4. The summed E-state index contributed by atoms with van der Waals surface area (Å²) in [7, 11) is 0. The Balaban J connectivity index is 1.93. The third-order valence-electron chi connectivity index (χ3n) is 5.04. The van der Waals surface area contributed by atoms with Gasteiger partial charge in [-0.05, 0) is 46.5 Å². The van der Waals surface area contributed by atoms with E-state index in [4.69, 9.17) is 27.9 Å². The summed E-state index contributed by atoms with van der Waals surface area (Å²) >= 11 is 23.0. The van der Waals surface area contributed by atoms with Gasteiger partial charge in [-0.1, -0.05) is 31.9 Å². The SMILES string of the molecule is CC(C)(C)OC(=O)N1C2C(Cl)CC(Br)CC2SC2CC(Br)CC(Cl)C21. The molecule has 0 radical (unpaired) electrons. The molecule has 8 unspecified atom stereocenters. The van der Waals surface area contributed by atoms with Gasteiger partial charge >= 0.3 is 6.09 Å². The van der Waals surface area contributed by atoms with E-state index in [-0.39, 0.29) is 28.9 Å². The zero-order chi connectivity index (χ0) is 18.5. The number of carbonyl (C=O) groups is 1. The van der Waals surface area contributed by atoms with Crippen molar-refractivity contribution in [2.45, 2.75) is 95.0 Å². The van der Waals surface area contributed by atoms with E-state index in [9.17, 15) is 4.79 Å². The van der Waals surface area contributed by atoms with Crippen LogP contribution in [0.5, 0.6) is 0 Å². The van der Waals surface area contributed by atoms with E-state index in [1.165, 1.54) is 0 Å². The van der Waals surface area contributed by atoms with Gasteiger partial charge in [0.25, 0.3) is 0 Å². The summed E-state index contributed by atoms with van der Waals surface area (Å²) in [5.74, 6) is 0. The predicted molar refractivity (Wildman–Crippen MR) is 114 cm³/mol. The molecule has 1 amide bonds. The Labute approximate surface area is 181 Å². The van der Waals surface area contributed by atoms with Gasteiger partial charge in [0, 0.05) is 20.2 Å². The molecule has 3 fully saturated rings. The molecule has 0 aromatic heterocycles. The molecule has 25 heavy (non-hydrogen) atoms. The first kappa shape index (κ1) is 20.9. The minimum absolute atomic E-state index is 0.0234. The number of rotatable bonds is 0. The molecule has 0 bridgehead atoms. The largest absolute Gasteiger partial charge is 0.444 e. The molecule has 2 saturated carbocycles. The van der Waals surface area contributed by atoms with E-state index in [0.717, 1.165) is 25.7 Å². The second-order valence-electron chi connectivity index (χ2n) is 8.25. The van der Waals surface area contributed by atoms with Crippen LogP contribution in [-0.2, 0) is 4.74 Å². The van der Waals surface area contributed by atoms with Crippen LogP contribution in [-0.4, -0.2) is 59.6 Å². The van der Waals surface area contributed by atoms with Gasteiger partial charge in [-0.3, -0.25) is 4.90 Å². The first-order chi connectivity index (χ1) is 11.6. The van der Waals surface area contributed by atoms with Crippen molar-refractivity contribution in [1.29, 1.82) is 0 Å². The number of hydrogen-bond donors (Lipinski definition) is 0. The van der Waals surface area contributed by atoms with Gasteiger partial charge in [-0.15, -0.1) is 23.2 Å². The number of hydrogen-bond acceptors (Lipinski definition) is 3. The average molecular weight is 538 g/mol. The summed E-state index contributed by atoms with van der Waals surface area (Å²) < 4.78 is 5.76. The molecule has 8 heteroatoms. The van der Waals surface area contributed by atoms with E-state index in [1.54, 1.807) is 0 Å². The number of carbonyl (C=O) groups excluding carboxylic acids is 1. The van der Waals surface area contributed by atoms with E-state index >= 15 is 0 Å². The second kappa shape index (κ2) is 7.88. The van der Waals surface area contributed by atoms with Crippen molar-refractivity contribution >= 4 is 72.9 Å². The third kappa shape index (κ3) is 4.60. The molecule has 3 nitrogen and oxygen atoms in total. The highest BCUT2D eigenvalue weighted by molar-refractivity contribution is 9.09. The molecule has 8 atom stereocenters. The molecule has 0 aromatic carbocycles. The van der Waals surface area contributed by atoms with Crippen LogP contribution in [0.4, 0.5) is 4.79 Å². The number of halogens is 4. The molecule has 144 valence electrons. The van der Waals surface area contributed by atoms with E-state index in [0.29, 0.717) is 20.2 Å². The average Bonchev–Trinajstić information content (AvgIpc) is 2.42. The number of fused-ring (bicyclic) bond motifs is 2. The van der Waals surface area contributed by atoms with Crippen molar-refractivity contribution < 1.29 is 9.53 Å². The minimum Gasteiger partial charge on any atom is -0.444 e. The van der Waals surface area contributed by atoms with Crippen LogP contribution in [0, 0.1) is 0 Å². The molecule has 0 N–H and O–H groups in total. The lowest BCUT2D eigenvalue weighted by molar-refractivity contribution is -0.00397. The topological polar surface area (TPSA) is 29.5 Å². The summed E-state index contributed by atoms with van der Waals surface area (Å²) in [5, 5.41) is 0.455. The highest BCUT2D eigenvalue weighted by Gasteiger charge is 2.55. The fourth-order valence-electron chi connectivity index (χ4n) is 4.17. The van der Waals surface area contributed by atoms with Gasteiger partial charge in [-0.2, -0.15) is 11.8 Å². The van der Waals surface area contributed by atoms with Gasteiger partial charge < -0.3 is 4.74 Å². The zero-order valence-corrected chi connectivity index (χ0v) is 20.1. The highest BCUT2D eigenvalue weighted by atomic mass is 79.9. The van der Waals surface area contributed by atoms with Crippen molar-refractivity contribution in [2.24, 2.45) is 0 Å². The van der Waals surface area contributed by atoms with Crippen molar-refractivity contribution in [3.63, 3.8) is 0 Å². The smallest absolute Gasteiger partial charge is 0.410 e. The van der Waals surface area contributed by atoms with Crippen molar-refractivity contribution in [1.82, 2.24) is 4.90 Å². The lowest BCUT2D eigenvalue weighted by Gasteiger charge is -2.56. The normalized spacial score (nSPS) is 44.7. The minimum atomic E-state index is -0.532. The van der Waals surface area contributed by atoms with Gasteiger partial charge in [0.15, 0.2) is 0 Å². The maximum atomic E-state index is 13.1. The Kier molecular flexibility index (Phi) is 6.59. The van der Waals surface area contributed by atoms with Crippen molar-refractivity contribution in [3.05, 3.63) is 0 Å². The number of nitrogens with zero attached hydrogens (tertiary/aromatic N) is 1. The Bertz CT molecular complexity index is 491. The van der Waals surface area contributed by atoms with Crippen LogP contribution in [0.25, 0.3) is 0 Å². The molecule has 3 aliphatic rings.